The third-order valence-electron chi connectivity index (χ3n) is 4.58. The van der Waals surface area contributed by atoms with Crippen molar-refractivity contribution in [1.29, 1.82) is 0 Å². The Morgan fingerprint density at radius 3 is 2.38 bits per heavy atom. The third kappa shape index (κ3) is 1.56. The summed E-state index contributed by atoms with van der Waals surface area (Å²) in [6, 6.07) is 0. The van der Waals surface area contributed by atoms with Gasteiger partial charge in [0.25, 0.3) is 0 Å². The minimum Gasteiger partial charge on any atom is -0.467 e. The Kier molecular flexibility index (Phi) is 2.77. The van der Waals surface area contributed by atoms with Gasteiger partial charge in [0.2, 0.25) is 0 Å². The van der Waals surface area contributed by atoms with Crippen LogP contribution in [0.2, 0.25) is 0 Å². The molecule has 0 aromatic rings. The second kappa shape index (κ2) is 3.73. The van der Waals surface area contributed by atoms with E-state index in [1.807, 2.05) is 6.92 Å². The van der Waals surface area contributed by atoms with Gasteiger partial charge in [-0.2, -0.15) is 0 Å². The van der Waals surface area contributed by atoms with Crippen LogP contribution in [0.25, 0.3) is 0 Å². The van der Waals surface area contributed by atoms with Crippen LogP contribution in [-0.2, 0) is 14.3 Å². The lowest BCUT2D eigenvalue weighted by atomic mass is 9.73. The molecule has 1 atom stereocenters. The fourth-order valence-electron chi connectivity index (χ4n) is 3.14. The number of hydrogen-bond acceptors (Lipinski definition) is 3. The number of carbonyl (C=O) groups is 1. The van der Waals surface area contributed by atoms with Crippen molar-refractivity contribution in [2.45, 2.75) is 57.7 Å². The third-order valence-corrected chi connectivity index (χ3v) is 4.58. The van der Waals surface area contributed by atoms with Gasteiger partial charge >= 0.3 is 5.97 Å². The minimum atomic E-state index is -0.663. The van der Waals surface area contributed by atoms with Gasteiger partial charge in [-0.05, 0) is 44.4 Å². The summed E-state index contributed by atoms with van der Waals surface area (Å²) in [5.41, 5.74) is -0.866. The van der Waals surface area contributed by atoms with Crippen molar-refractivity contribution >= 4 is 5.97 Å². The average Bonchev–Trinajstić information content (AvgIpc) is 2.84. The van der Waals surface area contributed by atoms with Gasteiger partial charge in [0.1, 0.15) is 5.60 Å². The molecule has 1 aliphatic carbocycles. The van der Waals surface area contributed by atoms with E-state index in [1.165, 1.54) is 20.0 Å². The van der Waals surface area contributed by atoms with Gasteiger partial charge in [0.15, 0.2) is 5.60 Å². The van der Waals surface area contributed by atoms with E-state index in [0.29, 0.717) is 0 Å². The maximum absolute atomic E-state index is 11.6. The molecule has 0 bridgehead atoms. The lowest BCUT2D eigenvalue weighted by Gasteiger charge is -2.30. The molecule has 1 heterocycles. The Hall–Kier alpha value is -0.570. The van der Waals surface area contributed by atoms with Crippen LogP contribution in [0.3, 0.4) is 0 Å². The molecule has 0 aromatic carbocycles. The van der Waals surface area contributed by atoms with Crippen molar-refractivity contribution in [1.82, 2.24) is 0 Å². The maximum atomic E-state index is 11.6. The summed E-state index contributed by atoms with van der Waals surface area (Å²) in [4.78, 5) is 11.6. The Bertz CT molecular complexity index is 290. The zero-order valence-corrected chi connectivity index (χ0v) is 10.7. The van der Waals surface area contributed by atoms with E-state index in [-0.39, 0.29) is 11.6 Å². The van der Waals surface area contributed by atoms with Crippen molar-refractivity contribution in [2.24, 2.45) is 11.8 Å². The highest BCUT2D eigenvalue weighted by Crippen LogP contribution is 2.58. The summed E-state index contributed by atoms with van der Waals surface area (Å²) in [6.07, 6.45) is 4.34. The highest BCUT2D eigenvalue weighted by atomic mass is 16.7. The standard InChI is InChI=1S/C13H22O3/c1-9(2)10-5-7-13(8-6-10)12(3,16-13)11(14)15-4/h9-10H,5-8H2,1-4H3. The lowest BCUT2D eigenvalue weighted by molar-refractivity contribution is -0.146. The molecule has 1 aliphatic heterocycles. The zero-order valence-electron chi connectivity index (χ0n) is 10.7. The highest BCUT2D eigenvalue weighted by Gasteiger charge is 2.72. The summed E-state index contributed by atoms with van der Waals surface area (Å²) < 4.78 is 10.6. The van der Waals surface area contributed by atoms with Crippen LogP contribution in [-0.4, -0.2) is 24.3 Å². The number of esters is 1. The van der Waals surface area contributed by atoms with Crippen LogP contribution in [0.5, 0.6) is 0 Å². The van der Waals surface area contributed by atoms with Gasteiger partial charge in [0.05, 0.1) is 7.11 Å². The van der Waals surface area contributed by atoms with E-state index in [0.717, 1.165) is 24.7 Å². The van der Waals surface area contributed by atoms with E-state index in [4.69, 9.17) is 9.47 Å². The minimum absolute atomic E-state index is 0.203. The highest BCUT2D eigenvalue weighted by molar-refractivity contribution is 5.84. The molecular weight excluding hydrogens is 204 g/mol. The van der Waals surface area contributed by atoms with Crippen LogP contribution >= 0.6 is 0 Å². The first kappa shape index (κ1) is 11.9. The quantitative estimate of drug-likeness (QED) is 0.536. The number of carbonyl (C=O) groups excluding carboxylic acids is 1. The predicted octanol–water partition coefficient (Wildman–Crippen LogP) is 2.53. The van der Waals surface area contributed by atoms with E-state index in [9.17, 15) is 4.79 Å². The Morgan fingerprint density at radius 1 is 1.38 bits per heavy atom. The number of ether oxygens (including phenoxy) is 2. The first-order valence-corrected chi connectivity index (χ1v) is 6.24. The van der Waals surface area contributed by atoms with Crippen molar-refractivity contribution in [3.63, 3.8) is 0 Å². The van der Waals surface area contributed by atoms with E-state index < -0.39 is 5.60 Å². The normalized spacial score (nSPS) is 42.4. The van der Waals surface area contributed by atoms with E-state index in [1.54, 1.807) is 0 Å². The Balaban J connectivity index is 1.98. The molecule has 16 heavy (non-hydrogen) atoms. The Labute approximate surface area is 97.5 Å². The molecule has 1 spiro atoms. The van der Waals surface area contributed by atoms with Crippen LogP contribution < -0.4 is 0 Å². The monoisotopic (exact) mass is 226 g/mol. The van der Waals surface area contributed by atoms with Gasteiger partial charge in [-0.15, -0.1) is 0 Å². The molecule has 0 aromatic heterocycles. The first-order valence-electron chi connectivity index (χ1n) is 6.24. The van der Waals surface area contributed by atoms with Gasteiger partial charge in [0, 0.05) is 0 Å². The zero-order chi connectivity index (χ0) is 12.0. The average molecular weight is 226 g/mol. The van der Waals surface area contributed by atoms with Crippen molar-refractivity contribution in [3.8, 4) is 0 Å². The molecule has 3 heteroatoms. The maximum Gasteiger partial charge on any atom is 0.340 e. The van der Waals surface area contributed by atoms with Gasteiger partial charge in [-0.25, -0.2) is 4.79 Å². The summed E-state index contributed by atoms with van der Waals surface area (Å²) in [5.74, 6) is 1.31. The number of hydrogen-bond donors (Lipinski definition) is 0. The van der Waals surface area contributed by atoms with Gasteiger partial charge < -0.3 is 9.47 Å². The first-order chi connectivity index (χ1) is 7.45. The summed E-state index contributed by atoms with van der Waals surface area (Å²) >= 11 is 0. The van der Waals surface area contributed by atoms with Crippen LogP contribution in [0.4, 0.5) is 0 Å². The van der Waals surface area contributed by atoms with Crippen LogP contribution in [0, 0.1) is 11.8 Å². The number of methoxy groups -OCH3 is 1. The molecule has 92 valence electrons. The molecule has 1 saturated heterocycles. The topological polar surface area (TPSA) is 38.8 Å². The van der Waals surface area contributed by atoms with E-state index >= 15 is 0 Å². The molecule has 2 rings (SSSR count). The summed E-state index contributed by atoms with van der Waals surface area (Å²) in [6.45, 7) is 6.42. The van der Waals surface area contributed by atoms with Gasteiger partial charge in [-0.3, -0.25) is 0 Å². The fraction of sp³-hybridized carbons (Fsp3) is 0.923. The molecule has 0 N–H and O–H groups in total. The molecule has 2 aliphatic rings. The SMILES string of the molecule is COC(=O)C1(C)OC12CCC(C(C)C)CC2. The molecule has 1 unspecified atom stereocenters. The largest absolute Gasteiger partial charge is 0.467 e. The lowest BCUT2D eigenvalue weighted by Crippen LogP contribution is -2.36. The number of rotatable bonds is 2. The summed E-state index contributed by atoms with van der Waals surface area (Å²) in [5, 5.41) is 0. The predicted molar refractivity (Wildman–Crippen MR) is 61.0 cm³/mol. The molecular formula is C13H22O3. The fourth-order valence-corrected chi connectivity index (χ4v) is 3.14. The summed E-state index contributed by atoms with van der Waals surface area (Å²) in [7, 11) is 1.43. The van der Waals surface area contributed by atoms with Crippen LogP contribution in [0.15, 0.2) is 0 Å². The Morgan fingerprint density at radius 2 is 1.94 bits per heavy atom. The smallest absolute Gasteiger partial charge is 0.340 e. The van der Waals surface area contributed by atoms with E-state index in [2.05, 4.69) is 13.8 Å². The molecule has 3 nitrogen and oxygen atoms in total. The van der Waals surface area contributed by atoms with Crippen molar-refractivity contribution in [3.05, 3.63) is 0 Å². The second-order valence-corrected chi connectivity index (χ2v) is 5.70. The molecule has 1 saturated carbocycles. The van der Waals surface area contributed by atoms with Crippen molar-refractivity contribution in [2.75, 3.05) is 7.11 Å². The van der Waals surface area contributed by atoms with Crippen LogP contribution in [0.1, 0.15) is 46.5 Å². The van der Waals surface area contributed by atoms with Crippen molar-refractivity contribution < 1.29 is 14.3 Å². The van der Waals surface area contributed by atoms with Gasteiger partial charge in [-0.1, -0.05) is 13.8 Å². The second-order valence-electron chi connectivity index (χ2n) is 5.70. The number of epoxide rings is 1. The molecule has 0 amide bonds. The molecule has 2 fully saturated rings. The molecule has 0 radical (unpaired) electrons.